The van der Waals surface area contributed by atoms with Gasteiger partial charge in [-0.25, -0.2) is 4.98 Å². The first kappa shape index (κ1) is 17.7. The number of aromatic nitrogens is 2. The molecule has 0 aliphatic heterocycles. The highest BCUT2D eigenvalue weighted by molar-refractivity contribution is 5.85. The molecule has 1 atom stereocenters. The second-order valence-electron chi connectivity index (χ2n) is 4.16. The molecular formula is C12H18Cl2N4O. The quantitative estimate of drug-likeness (QED) is 0.900. The van der Waals surface area contributed by atoms with Gasteiger partial charge in [-0.1, -0.05) is 6.07 Å². The molecule has 0 saturated carbocycles. The Bertz CT molecular complexity index is 494. The number of halogens is 2. The fourth-order valence-corrected chi connectivity index (χ4v) is 1.63. The number of nitrogens with two attached hydrogens (primary N) is 1. The van der Waals surface area contributed by atoms with Crippen molar-refractivity contribution >= 4 is 36.4 Å². The lowest BCUT2D eigenvalue weighted by Gasteiger charge is -2.05. The highest BCUT2D eigenvalue weighted by Crippen LogP contribution is 2.04. The average molecular weight is 305 g/mol. The van der Waals surface area contributed by atoms with E-state index in [1.165, 1.54) is 0 Å². The molecule has 7 heteroatoms. The maximum Gasteiger partial charge on any atom is 0.221 e. The topological polar surface area (TPSA) is 72.4 Å². The number of carbonyl (C=O) groups excluding carboxylic acids is 1. The summed E-state index contributed by atoms with van der Waals surface area (Å²) in [6, 6.07) is 5.68. The first-order chi connectivity index (χ1) is 8.15. The van der Waals surface area contributed by atoms with E-state index in [9.17, 15) is 4.79 Å². The summed E-state index contributed by atoms with van der Waals surface area (Å²) in [6.07, 6.45) is 4.17. The summed E-state index contributed by atoms with van der Waals surface area (Å²) in [5.74, 6) is -0.0444. The van der Waals surface area contributed by atoms with Crippen molar-refractivity contribution in [2.24, 2.45) is 5.73 Å². The van der Waals surface area contributed by atoms with Crippen LogP contribution in [0.15, 0.2) is 30.6 Å². The standard InChI is InChI=1S/C12H16N4O.2ClH/c1-9(13)6-12(17)14-7-10-8-16-5-3-2-4-11(16)15-10;;/h2-5,8-9H,6-7,13H2,1H3,(H,14,17);2*1H. The zero-order valence-corrected chi connectivity index (χ0v) is 12.2. The van der Waals surface area contributed by atoms with Gasteiger partial charge < -0.3 is 15.5 Å². The van der Waals surface area contributed by atoms with Crippen LogP contribution in [0, 0.1) is 0 Å². The maximum absolute atomic E-state index is 11.4. The Morgan fingerprint density at radius 3 is 2.84 bits per heavy atom. The third-order valence-corrected chi connectivity index (χ3v) is 2.39. The van der Waals surface area contributed by atoms with Crippen LogP contribution in [0.2, 0.25) is 0 Å². The minimum Gasteiger partial charge on any atom is -0.350 e. The summed E-state index contributed by atoms with van der Waals surface area (Å²) in [4.78, 5) is 15.8. The summed E-state index contributed by atoms with van der Waals surface area (Å²) in [5, 5.41) is 2.80. The number of carbonyl (C=O) groups is 1. The zero-order chi connectivity index (χ0) is 12.3. The minimum atomic E-state index is -0.115. The molecule has 0 spiro atoms. The van der Waals surface area contributed by atoms with Crippen LogP contribution in [0.25, 0.3) is 5.65 Å². The summed E-state index contributed by atoms with van der Waals surface area (Å²) < 4.78 is 1.92. The van der Waals surface area contributed by atoms with E-state index in [4.69, 9.17) is 5.73 Å². The van der Waals surface area contributed by atoms with E-state index in [-0.39, 0.29) is 36.8 Å². The Kier molecular flexibility index (Phi) is 7.44. The van der Waals surface area contributed by atoms with Gasteiger partial charge in [0, 0.05) is 24.9 Å². The number of pyridine rings is 1. The third kappa shape index (κ3) is 5.06. The summed E-state index contributed by atoms with van der Waals surface area (Å²) in [6.45, 7) is 2.25. The number of hydrogen-bond donors (Lipinski definition) is 2. The molecule has 0 aromatic carbocycles. The highest BCUT2D eigenvalue weighted by atomic mass is 35.5. The number of imidazole rings is 1. The average Bonchev–Trinajstić information content (AvgIpc) is 2.68. The van der Waals surface area contributed by atoms with Gasteiger partial charge >= 0.3 is 0 Å². The van der Waals surface area contributed by atoms with Crippen molar-refractivity contribution in [2.45, 2.75) is 25.9 Å². The first-order valence-corrected chi connectivity index (χ1v) is 5.60. The van der Waals surface area contributed by atoms with Crippen LogP contribution >= 0.6 is 24.8 Å². The molecule has 0 fully saturated rings. The van der Waals surface area contributed by atoms with Crippen molar-refractivity contribution < 1.29 is 4.79 Å². The van der Waals surface area contributed by atoms with Gasteiger partial charge in [0.1, 0.15) is 5.65 Å². The maximum atomic E-state index is 11.4. The van der Waals surface area contributed by atoms with E-state index < -0.39 is 0 Å². The van der Waals surface area contributed by atoms with Crippen LogP contribution in [0.4, 0.5) is 0 Å². The van der Waals surface area contributed by atoms with Crippen molar-refractivity contribution in [3.05, 3.63) is 36.3 Å². The zero-order valence-electron chi connectivity index (χ0n) is 10.6. The monoisotopic (exact) mass is 304 g/mol. The number of nitrogens with zero attached hydrogens (tertiary/aromatic N) is 2. The molecule has 3 N–H and O–H groups in total. The lowest BCUT2D eigenvalue weighted by molar-refractivity contribution is -0.121. The van der Waals surface area contributed by atoms with Gasteiger partial charge in [0.15, 0.2) is 0 Å². The van der Waals surface area contributed by atoms with Crippen molar-refractivity contribution in [1.82, 2.24) is 14.7 Å². The first-order valence-electron chi connectivity index (χ1n) is 5.60. The SMILES string of the molecule is CC(N)CC(=O)NCc1cn2ccccc2n1.Cl.Cl. The van der Waals surface area contributed by atoms with Gasteiger partial charge in [-0.3, -0.25) is 4.79 Å². The van der Waals surface area contributed by atoms with Gasteiger partial charge in [-0.2, -0.15) is 0 Å². The number of amides is 1. The summed E-state index contributed by atoms with van der Waals surface area (Å²) in [7, 11) is 0. The van der Waals surface area contributed by atoms with Crippen LogP contribution in [0.1, 0.15) is 19.0 Å². The lowest BCUT2D eigenvalue weighted by atomic mass is 10.2. The molecule has 0 bridgehead atoms. The van der Waals surface area contributed by atoms with Crippen LogP contribution < -0.4 is 11.1 Å². The minimum absolute atomic E-state index is 0. The molecule has 2 aromatic heterocycles. The van der Waals surface area contributed by atoms with Crippen LogP contribution in [0.3, 0.4) is 0 Å². The Balaban J connectivity index is 0.00000162. The molecule has 19 heavy (non-hydrogen) atoms. The molecule has 0 aliphatic carbocycles. The van der Waals surface area contributed by atoms with Gasteiger partial charge in [0.05, 0.1) is 12.2 Å². The third-order valence-electron chi connectivity index (χ3n) is 2.39. The highest BCUT2D eigenvalue weighted by Gasteiger charge is 2.06. The molecule has 0 radical (unpaired) electrons. The molecule has 0 saturated heterocycles. The van der Waals surface area contributed by atoms with E-state index >= 15 is 0 Å². The van der Waals surface area contributed by atoms with E-state index in [0.717, 1.165) is 11.3 Å². The molecule has 1 amide bonds. The van der Waals surface area contributed by atoms with Gasteiger partial charge in [0.2, 0.25) is 5.91 Å². The molecular weight excluding hydrogens is 287 g/mol. The number of hydrogen-bond acceptors (Lipinski definition) is 3. The summed E-state index contributed by atoms with van der Waals surface area (Å²) >= 11 is 0. The molecule has 2 aromatic rings. The molecule has 5 nitrogen and oxygen atoms in total. The van der Waals surface area contributed by atoms with E-state index in [1.807, 2.05) is 41.9 Å². The largest absolute Gasteiger partial charge is 0.350 e. The second-order valence-corrected chi connectivity index (χ2v) is 4.16. The fraction of sp³-hybridized carbons (Fsp3) is 0.333. The fourth-order valence-electron chi connectivity index (χ4n) is 1.63. The van der Waals surface area contributed by atoms with Gasteiger partial charge in [-0.15, -0.1) is 24.8 Å². The Labute approximate surface area is 124 Å². The predicted octanol–water partition coefficient (Wildman–Crippen LogP) is 1.53. The molecule has 0 aliphatic rings. The molecule has 106 valence electrons. The van der Waals surface area contributed by atoms with Crippen molar-refractivity contribution in [3.63, 3.8) is 0 Å². The Morgan fingerprint density at radius 1 is 1.47 bits per heavy atom. The van der Waals surface area contributed by atoms with Crippen LogP contribution in [-0.4, -0.2) is 21.3 Å². The normalized spacial score (nSPS) is 11.3. The number of fused-ring (bicyclic) bond motifs is 1. The Hall–Kier alpha value is -1.30. The Morgan fingerprint density at radius 2 is 2.21 bits per heavy atom. The number of rotatable bonds is 4. The predicted molar refractivity (Wildman–Crippen MR) is 79.8 cm³/mol. The van der Waals surface area contributed by atoms with E-state index in [1.54, 1.807) is 0 Å². The van der Waals surface area contributed by atoms with Crippen LogP contribution in [-0.2, 0) is 11.3 Å². The van der Waals surface area contributed by atoms with E-state index in [0.29, 0.717) is 13.0 Å². The molecule has 2 heterocycles. The lowest BCUT2D eigenvalue weighted by Crippen LogP contribution is -2.29. The number of nitrogens with one attached hydrogen (secondary N) is 1. The molecule has 1 unspecified atom stereocenters. The van der Waals surface area contributed by atoms with Crippen molar-refractivity contribution in [2.75, 3.05) is 0 Å². The van der Waals surface area contributed by atoms with Crippen molar-refractivity contribution in [1.29, 1.82) is 0 Å². The second kappa shape index (κ2) is 7.99. The molecule has 2 rings (SSSR count). The van der Waals surface area contributed by atoms with Crippen molar-refractivity contribution in [3.8, 4) is 0 Å². The summed E-state index contributed by atoms with van der Waals surface area (Å²) in [5.41, 5.74) is 7.26. The smallest absolute Gasteiger partial charge is 0.221 e. The van der Waals surface area contributed by atoms with Crippen LogP contribution in [0.5, 0.6) is 0 Å². The van der Waals surface area contributed by atoms with E-state index in [2.05, 4.69) is 10.3 Å². The van der Waals surface area contributed by atoms with Gasteiger partial charge in [-0.05, 0) is 19.1 Å². The van der Waals surface area contributed by atoms with Gasteiger partial charge in [0.25, 0.3) is 0 Å².